The van der Waals surface area contributed by atoms with Gasteiger partial charge in [-0.2, -0.15) is 0 Å². The van der Waals surface area contributed by atoms with Crippen molar-refractivity contribution in [3.63, 3.8) is 0 Å². The first kappa shape index (κ1) is 46.2. The fourth-order valence-corrected chi connectivity index (χ4v) is 12.0. The first-order valence-electron chi connectivity index (χ1n) is 27.2. The monoisotopic (exact) mass is 1030 g/mol. The van der Waals surface area contributed by atoms with Crippen LogP contribution in [0.3, 0.4) is 0 Å². The Morgan fingerprint density at radius 2 is 0.704 bits per heavy atom. The smallest absolute Gasteiger partial charge is 0.256 e. The fourth-order valence-electron chi connectivity index (χ4n) is 12.0. The van der Waals surface area contributed by atoms with Crippen LogP contribution >= 0.6 is 0 Å². The largest absolute Gasteiger partial charge is 0.458 e. The van der Waals surface area contributed by atoms with Crippen LogP contribution in [-0.4, -0.2) is 41.2 Å². The van der Waals surface area contributed by atoms with E-state index in [0.29, 0.717) is 34.9 Å². The Kier molecular flexibility index (Phi) is 10.8. The van der Waals surface area contributed by atoms with Crippen LogP contribution in [-0.2, 0) is 0 Å². The Balaban J connectivity index is 1.00. The maximum atomic E-state index is 7.34. The van der Waals surface area contributed by atoms with Crippen molar-refractivity contribution in [2.45, 2.75) is 0 Å². The van der Waals surface area contributed by atoms with Gasteiger partial charge in [-0.3, -0.25) is 0 Å². The van der Waals surface area contributed by atoms with Crippen LogP contribution in [0.15, 0.2) is 267 Å². The van der Waals surface area contributed by atoms with Gasteiger partial charge < -0.3 is 9.30 Å². The molecule has 0 aliphatic carbocycles. The van der Waals surface area contributed by atoms with Crippen LogP contribution < -0.4 is 21.1 Å². The molecule has 9 heteroatoms. The van der Waals surface area contributed by atoms with Gasteiger partial charge in [0.25, 0.3) is 6.71 Å². The van der Waals surface area contributed by atoms with Gasteiger partial charge in [-0.1, -0.05) is 224 Å². The van der Waals surface area contributed by atoms with E-state index in [2.05, 4.69) is 174 Å². The third-order valence-corrected chi connectivity index (χ3v) is 15.7. The summed E-state index contributed by atoms with van der Waals surface area (Å²) in [6.45, 7) is -0.241. The standard InChI is InChI=1S/C72H44BN7O/c1-7-21-45(22-8-1)51-35-37-59-63(43-51)81-64-44-53(56-34-20-19-33-55(56)46-23-9-2-10-24-46)42-62-65(64)73(59)60-41-54(72-78-69(49-29-15-5-16-30-49)75-70(79-72)50-31-17-6-18-32-50)40-58-57-39-52(36-38-61(57)80(62)66(58)60)71-76-67(47-25-11-3-12-26-47)74-68(77-71)48-27-13-4-14-28-48/h1-44H. The highest BCUT2D eigenvalue weighted by Crippen LogP contribution is 2.44. The fraction of sp³-hybridized carbons (Fsp3) is 0. The summed E-state index contributed by atoms with van der Waals surface area (Å²) in [6.07, 6.45) is 0. The summed E-state index contributed by atoms with van der Waals surface area (Å²) in [5.74, 6) is 5.15. The second-order valence-corrected chi connectivity index (χ2v) is 20.6. The molecule has 0 fully saturated rings. The van der Waals surface area contributed by atoms with E-state index in [0.717, 1.165) is 122 Å². The second kappa shape index (κ2) is 18.9. The van der Waals surface area contributed by atoms with Gasteiger partial charge in [-0.15, -0.1) is 0 Å². The van der Waals surface area contributed by atoms with Gasteiger partial charge in [0.2, 0.25) is 0 Å². The van der Waals surface area contributed by atoms with Crippen LogP contribution in [0.4, 0.5) is 0 Å². The summed E-state index contributed by atoms with van der Waals surface area (Å²) in [7, 11) is 0. The van der Waals surface area contributed by atoms with Crippen molar-refractivity contribution in [3.05, 3.63) is 267 Å². The minimum atomic E-state index is -0.241. The molecule has 14 aromatic rings. The van der Waals surface area contributed by atoms with Gasteiger partial charge in [0, 0.05) is 55.4 Å². The number of hydrogen-bond acceptors (Lipinski definition) is 7. The molecule has 0 unspecified atom stereocenters. The van der Waals surface area contributed by atoms with Gasteiger partial charge in [-0.05, 0) is 92.2 Å². The van der Waals surface area contributed by atoms with Crippen molar-refractivity contribution in [1.29, 1.82) is 0 Å². The Morgan fingerprint density at radius 1 is 0.284 bits per heavy atom. The Hall–Kier alpha value is -10.9. The van der Waals surface area contributed by atoms with E-state index in [-0.39, 0.29) is 6.71 Å². The molecule has 3 aromatic heterocycles. The van der Waals surface area contributed by atoms with Crippen LogP contribution in [0.25, 0.3) is 129 Å². The van der Waals surface area contributed by atoms with E-state index in [4.69, 9.17) is 34.6 Å². The first-order valence-corrected chi connectivity index (χ1v) is 27.2. The van der Waals surface area contributed by atoms with E-state index in [9.17, 15) is 0 Å². The molecule has 0 saturated heterocycles. The third-order valence-electron chi connectivity index (χ3n) is 15.7. The summed E-state index contributed by atoms with van der Waals surface area (Å²) < 4.78 is 9.80. The molecule has 0 N–H and O–H groups in total. The maximum absolute atomic E-state index is 7.34. The van der Waals surface area contributed by atoms with Crippen LogP contribution in [0.1, 0.15) is 0 Å². The summed E-state index contributed by atoms with van der Waals surface area (Å²) in [5, 5.41) is 2.07. The molecule has 11 aromatic carbocycles. The number of hydrogen-bond donors (Lipinski definition) is 0. The van der Waals surface area contributed by atoms with Crippen molar-refractivity contribution in [2.24, 2.45) is 0 Å². The van der Waals surface area contributed by atoms with Crippen molar-refractivity contribution in [3.8, 4) is 119 Å². The molecule has 16 rings (SSSR count). The lowest BCUT2D eigenvalue weighted by Crippen LogP contribution is -2.58. The summed E-state index contributed by atoms with van der Waals surface area (Å²) in [4.78, 5) is 31.3. The molecular formula is C72H44BN7O. The maximum Gasteiger partial charge on any atom is 0.256 e. The SMILES string of the molecule is c1ccc(-c2ccc3c(c2)Oc2cc(-c4ccccc4-c4ccccc4)cc4c2B3c2cc(-c3nc(-c5ccccc5)nc(-c5ccccc5)n3)cc3c5cc(-c6nc(-c7ccccc7)nc(-c7ccccc7)n6)ccc5n-4c23)cc1. The highest BCUT2D eigenvalue weighted by Gasteiger charge is 2.42. The topological polar surface area (TPSA) is 91.5 Å². The van der Waals surface area contributed by atoms with Gasteiger partial charge in [-0.25, -0.2) is 29.9 Å². The van der Waals surface area contributed by atoms with Crippen molar-refractivity contribution < 1.29 is 4.74 Å². The van der Waals surface area contributed by atoms with Crippen molar-refractivity contribution in [2.75, 3.05) is 0 Å². The third kappa shape index (κ3) is 7.93. The Labute approximate surface area is 467 Å². The van der Waals surface area contributed by atoms with E-state index < -0.39 is 0 Å². The summed E-state index contributed by atoms with van der Waals surface area (Å²) in [5.41, 5.74) is 18.4. The number of benzene rings is 11. The van der Waals surface area contributed by atoms with E-state index in [1.165, 1.54) is 0 Å². The molecule has 0 spiro atoms. The Bertz CT molecular complexity index is 4660. The van der Waals surface area contributed by atoms with E-state index in [1.54, 1.807) is 0 Å². The van der Waals surface area contributed by atoms with E-state index >= 15 is 0 Å². The first-order chi connectivity index (χ1) is 40.1. The minimum absolute atomic E-state index is 0.241. The van der Waals surface area contributed by atoms with Gasteiger partial charge in [0.15, 0.2) is 34.9 Å². The van der Waals surface area contributed by atoms with Gasteiger partial charge in [0.1, 0.15) is 11.5 Å². The van der Waals surface area contributed by atoms with E-state index in [1.807, 2.05) is 97.1 Å². The molecule has 0 atom stereocenters. The normalized spacial score (nSPS) is 12.0. The lowest BCUT2D eigenvalue weighted by molar-refractivity contribution is 0.487. The second-order valence-electron chi connectivity index (χ2n) is 20.6. The zero-order chi connectivity index (χ0) is 53.4. The lowest BCUT2D eigenvalue weighted by Gasteiger charge is -2.34. The summed E-state index contributed by atoms with van der Waals surface area (Å²) in [6, 6.07) is 93.0. The van der Waals surface area contributed by atoms with Gasteiger partial charge in [0.05, 0.1) is 5.52 Å². The average molecular weight is 1030 g/mol. The highest BCUT2D eigenvalue weighted by atomic mass is 16.5. The predicted octanol–water partition coefficient (Wildman–Crippen LogP) is 15.1. The quantitative estimate of drug-likeness (QED) is 0.133. The summed E-state index contributed by atoms with van der Waals surface area (Å²) >= 11 is 0. The highest BCUT2D eigenvalue weighted by molar-refractivity contribution is 6.99. The van der Waals surface area contributed by atoms with Crippen molar-refractivity contribution in [1.82, 2.24) is 34.5 Å². The molecule has 0 amide bonds. The van der Waals surface area contributed by atoms with Gasteiger partial charge >= 0.3 is 0 Å². The zero-order valence-corrected chi connectivity index (χ0v) is 43.5. The number of rotatable bonds is 9. The molecule has 0 bridgehead atoms. The van der Waals surface area contributed by atoms with Crippen LogP contribution in [0.5, 0.6) is 11.5 Å². The number of aromatic nitrogens is 7. The molecule has 0 radical (unpaired) electrons. The van der Waals surface area contributed by atoms with Crippen molar-refractivity contribution >= 4 is 44.9 Å². The van der Waals surface area contributed by atoms with Crippen LogP contribution in [0, 0.1) is 0 Å². The molecule has 376 valence electrons. The number of ether oxygens (including phenoxy) is 1. The van der Waals surface area contributed by atoms with Crippen LogP contribution in [0.2, 0.25) is 0 Å². The predicted molar refractivity (Wildman–Crippen MR) is 328 cm³/mol. The lowest BCUT2D eigenvalue weighted by atomic mass is 9.34. The molecule has 8 nitrogen and oxygen atoms in total. The number of nitrogens with zero attached hydrogens (tertiary/aromatic N) is 7. The molecule has 5 heterocycles. The molecule has 2 aliphatic rings. The molecule has 2 aliphatic heterocycles. The molecule has 0 saturated carbocycles. The number of fused-ring (bicyclic) bond motifs is 7. The minimum Gasteiger partial charge on any atom is -0.458 e. The zero-order valence-electron chi connectivity index (χ0n) is 43.5. The average Bonchev–Trinajstić information content (AvgIpc) is 3.26. The molecule has 81 heavy (non-hydrogen) atoms. The Morgan fingerprint density at radius 3 is 1.23 bits per heavy atom. The molecular weight excluding hydrogens is 990 g/mol.